The minimum Gasteiger partial charge on any atom is -0.479 e. The molecule has 1 heterocycles. The van der Waals surface area contributed by atoms with Crippen molar-refractivity contribution < 1.29 is 59.2 Å². The number of hydrogen-bond donors (Lipinski definition) is 6. The number of carbonyl (C=O) groups is 3. The number of esters is 1. The van der Waals surface area contributed by atoms with Gasteiger partial charge in [-0.3, -0.25) is 4.79 Å². The van der Waals surface area contributed by atoms with Gasteiger partial charge in [0, 0.05) is 0 Å². The van der Waals surface area contributed by atoms with Gasteiger partial charge in [-0.1, -0.05) is 60.1 Å². The van der Waals surface area contributed by atoms with Crippen molar-refractivity contribution in [3.05, 3.63) is 11.6 Å². The molecule has 6 aliphatic rings. The molecule has 1 saturated heterocycles. The number of carboxylic acids is 2. The van der Waals surface area contributed by atoms with Crippen LogP contribution in [0, 0.1) is 50.2 Å². The number of aliphatic hydroxyl groups excluding tert-OH is 4. The first kappa shape index (κ1) is 37.7. The Labute approximate surface area is 294 Å². The zero-order valence-electron chi connectivity index (χ0n) is 30.6. The molecule has 4 saturated carbocycles. The van der Waals surface area contributed by atoms with Crippen molar-refractivity contribution in [2.24, 2.45) is 50.2 Å². The lowest BCUT2D eigenvalue weighted by Gasteiger charge is -2.71. The standard InChI is InChI=1S/C38H58O12/c1-33(2)14-15-38(32(47)48-18-25(40)41)20(16-33)19-8-9-22-35(5)12-11-24(49-31-28(44)26(42)27(43)29(50-31)30(45)46)34(3,4)21(35)10-13-36(22,6)37(19,7)17-23(38)39/h8,20-24,26-29,31,39,42-44H,9-18H2,1-7H3,(H,40,41)(H,45,46)/t20-,21-,22+,23+,24-,26-,27-,28+,29-,31+,35-,36+,37+,38+/m0/s1. The molecule has 0 aromatic rings. The van der Waals surface area contributed by atoms with Crippen molar-refractivity contribution in [2.45, 2.75) is 149 Å². The molecule has 50 heavy (non-hydrogen) atoms. The van der Waals surface area contributed by atoms with Gasteiger partial charge in [-0.05, 0) is 103 Å². The predicted molar refractivity (Wildman–Crippen MR) is 178 cm³/mol. The van der Waals surface area contributed by atoms with Crippen LogP contribution in [0.15, 0.2) is 11.6 Å². The van der Waals surface area contributed by atoms with E-state index in [1.54, 1.807) is 0 Å². The Hall–Kier alpha value is -2.09. The summed E-state index contributed by atoms with van der Waals surface area (Å²) in [5, 5.41) is 62.3. The topological polar surface area (TPSA) is 200 Å². The summed E-state index contributed by atoms with van der Waals surface area (Å²) >= 11 is 0. The molecule has 6 rings (SSSR count). The number of carbonyl (C=O) groups excluding carboxylic acids is 1. The van der Waals surface area contributed by atoms with E-state index >= 15 is 0 Å². The van der Waals surface area contributed by atoms with Gasteiger partial charge in [-0.15, -0.1) is 0 Å². The normalized spacial score (nSPS) is 49.2. The van der Waals surface area contributed by atoms with Gasteiger partial charge in [0.25, 0.3) is 0 Å². The maximum absolute atomic E-state index is 13.8. The number of fused-ring (bicyclic) bond motifs is 7. The third kappa shape index (κ3) is 5.32. The van der Waals surface area contributed by atoms with E-state index in [-0.39, 0.29) is 34.0 Å². The van der Waals surface area contributed by atoms with E-state index in [0.29, 0.717) is 25.7 Å². The van der Waals surface area contributed by atoms with Crippen LogP contribution in [0.25, 0.3) is 0 Å². The number of hydrogen-bond acceptors (Lipinski definition) is 10. The molecular weight excluding hydrogens is 648 g/mol. The molecule has 0 aromatic heterocycles. The lowest BCUT2D eigenvalue weighted by atomic mass is 9.33. The highest BCUT2D eigenvalue weighted by molar-refractivity contribution is 5.82. The van der Waals surface area contributed by atoms with Crippen LogP contribution in [0.1, 0.15) is 106 Å². The molecule has 0 amide bonds. The fraction of sp³-hybridized carbons (Fsp3) is 0.868. The Bertz CT molecular complexity index is 1420. The summed E-state index contributed by atoms with van der Waals surface area (Å²) in [6, 6.07) is 0. The summed E-state index contributed by atoms with van der Waals surface area (Å²) < 4.78 is 17.2. The van der Waals surface area contributed by atoms with E-state index in [1.807, 2.05) is 0 Å². The lowest BCUT2D eigenvalue weighted by molar-refractivity contribution is -0.324. The first-order valence-electron chi connectivity index (χ1n) is 18.4. The van der Waals surface area contributed by atoms with Crippen LogP contribution in [0.2, 0.25) is 0 Å². The Kier molecular flexibility index (Phi) is 9.21. The number of allylic oxidation sites excluding steroid dienone is 2. The van der Waals surface area contributed by atoms with Crippen molar-refractivity contribution in [2.75, 3.05) is 6.61 Å². The summed E-state index contributed by atoms with van der Waals surface area (Å²) in [5.74, 6) is -3.12. The van der Waals surface area contributed by atoms with Crippen LogP contribution in [-0.4, -0.2) is 98.1 Å². The van der Waals surface area contributed by atoms with Gasteiger partial charge >= 0.3 is 17.9 Å². The zero-order chi connectivity index (χ0) is 37.0. The van der Waals surface area contributed by atoms with E-state index in [1.165, 1.54) is 5.57 Å². The number of ether oxygens (including phenoxy) is 3. The fourth-order valence-corrected chi connectivity index (χ4v) is 12.5. The Balaban J connectivity index is 1.31. The molecule has 1 aliphatic heterocycles. The maximum atomic E-state index is 13.8. The van der Waals surface area contributed by atoms with Crippen molar-refractivity contribution in [3.8, 4) is 0 Å². The third-order valence-corrected chi connectivity index (χ3v) is 15.4. The quantitative estimate of drug-likeness (QED) is 0.133. The summed E-state index contributed by atoms with van der Waals surface area (Å²) in [6.07, 6.45) is -1.13. The van der Waals surface area contributed by atoms with Gasteiger partial charge < -0.3 is 44.8 Å². The van der Waals surface area contributed by atoms with Crippen molar-refractivity contribution in [1.29, 1.82) is 0 Å². The van der Waals surface area contributed by atoms with E-state index in [2.05, 4.69) is 54.5 Å². The van der Waals surface area contributed by atoms with E-state index < -0.39 is 83.7 Å². The number of rotatable bonds is 6. The average Bonchev–Trinajstić information content (AvgIpc) is 3.01. The first-order chi connectivity index (χ1) is 23.1. The minimum atomic E-state index is -1.79. The fourth-order valence-electron chi connectivity index (χ4n) is 12.5. The molecule has 0 bridgehead atoms. The highest BCUT2D eigenvalue weighted by Gasteiger charge is 2.71. The van der Waals surface area contributed by atoms with Crippen molar-refractivity contribution >= 4 is 17.9 Å². The van der Waals surface area contributed by atoms with Gasteiger partial charge in [0.1, 0.15) is 23.7 Å². The Morgan fingerprint density at radius 1 is 0.840 bits per heavy atom. The maximum Gasteiger partial charge on any atom is 0.341 e. The van der Waals surface area contributed by atoms with E-state index in [9.17, 15) is 45.0 Å². The van der Waals surface area contributed by atoms with Crippen LogP contribution >= 0.6 is 0 Å². The summed E-state index contributed by atoms with van der Waals surface area (Å²) in [6.45, 7) is 15.0. The molecule has 282 valence electrons. The molecule has 5 fully saturated rings. The molecule has 5 aliphatic carbocycles. The predicted octanol–water partition coefficient (Wildman–Crippen LogP) is 3.66. The van der Waals surface area contributed by atoms with Crippen molar-refractivity contribution in [1.82, 2.24) is 0 Å². The van der Waals surface area contributed by atoms with Gasteiger partial charge in [-0.2, -0.15) is 0 Å². The molecule has 0 spiro atoms. The van der Waals surface area contributed by atoms with E-state index in [4.69, 9.17) is 14.2 Å². The monoisotopic (exact) mass is 706 g/mol. The van der Waals surface area contributed by atoms with Crippen LogP contribution in [0.4, 0.5) is 0 Å². The molecule has 0 aromatic carbocycles. The van der Waals surface area contributed by atoms with Gasteiger partial charge in [-0.25, -0.2) is 9.59 Å². The smallest absolute Gasteiger partial charge is 0.341 e. The number of aliphatic hydroxyl groups is 4. The molecular formula is C38H58O12. The van der Waals surface area contributed by atoms with Gasteiger partial charge in [0.05, 0.1) is 12.2 Å². The molecule has 0 unspecified atom stereocenters. The van der Waals surface area contributed by atoms with Crippen LogP contribution in [0.3, 0.4) is 0 Å². The number of carboxylic acid groups (broad SMARTS) is 2. The summed E-state index contributed by atoms with van der Waals surface area (Å²) in [7, 11) is 0. The first-order valence-corrected chi connectivity index (χ1v) is 18.4. The molecule has 14 atom stereocenters. The minimum absolute atomic E-state index is 0.0713. The van der Waals surface area contributed by atoms with Crippen molar-refractivity contribution in [3.63, 3.8) is 0 Å². The van der Waals surface area contributed by atoms with Crippen LogP contribution < -0.4 is 0 Å². The van der Waals surface area contributed by atoms with Gasteiger partial charge in [0.15, 0.2) is 19.0 Å². The molecule has 12 nitrogen and oxygen atoms in total. The largest absolute Gasteiger partial charge is 0.479 e. The number of aliphatic carboxylic acids is 2. The zero-order valence-corrected chi connectivity index (χ0v) is 30.6. The average molecular weight is 707 g/mol. The third-order valence-electron chi connectivity index (χ3n) is 15.4. The molecule has 0 radical (unpaired) electrons. The SMILES string of the molecule is CC1(C)CC[C@]2(C(=O)OCC(=O)O)[C@H](O)C[C@]3(C)C(=CC[C@@H]4[C@@]5(C)CC[C@H](O[C@@H]6O[C@H](C(=O)O)[C@@H](O)[C@H](O)[C@H]6O)C(C)(C)[C@@H]5CC[C@]43C)[C@@H]2C1. The molecule has 6 N–H and O–H groups in total. The summed E-state index contributed by atoms with van der Waals surface area (Å²) in [4.78, 5) is 37.0. The Morgan fingerprint density at radius 2 is 1.52 bits per heavy atom. The Morgan fingerprint density at radius 3 is 2.16 bits per heavy atom. The molecule has 12 heteroatoms. The lowest BCUT2D eigenvalue weighted by Crippen LogP contribution is -2.68. The van der Waals surface area contributed by atoms with Crippen LogP contribution in [0.5, 0.6) is 0 Å². The summed E-state index contributed by atoms with van der Waals surface area (Å²) in [5.41, 5.74) is -1.26. The van der Waals surface area contributed by atoms with Gasteiger partial charge in [0.2, 0.25) is 0 Å². The van der Waals surface area contributed by atoms with E-state index in [0.717, 1.165) is 32.1 Å². The second-order valence-corrected chi connectivity index (χ2v) is 18.7. The van der Waals surface area contributed by atoms with Crippen LogP contribution in [-0.2, 0) is 28.6 Å². The highest BCUT2D eigenvalue weighted by Crippen LogP contribution is 2.76. The second kappa shape index (κ2) is 12.2. The highest BCUT2D eigenvalue weighted by atomic mass is 16.7. The second-order valence-electron chi connectivity index (χ2n) is 18.7.